The molecule has 1 N–H and O–H groups in total. The van der Waals surface area contributed by atoms with Gasteiger partial charge in [0.15, 0.2) is 0 Å². The van der Waals surface area contributed by atoms with Crippen LogP contribution >= 0.6 is 11.6 Å². The van der Waals surface area contributed by atoms with E-state index < -0.39 is 29.6 Å². The first-order chi connectivity index (χ1) is 14.8. The summed E-state index contributed by atoms with van der Waals surface area (Å²) in [6, 6.07) is 15.2. The molecule has 0 fully saturated rings. The van der Waals surface area contributed by atoms with Crippen molar-refractivity contribution in [2.75, 3.05) is 4.90 Å². The Bertz CT molecular complexity index is 980. The number of halogens is 1. The molecule has 0 aromatic heterocycles. The third kappa shape index (κ3) is 5.85. The van der Waals surface area contributed by atoms with Gasteiger partial charge in [-0.2, -0.15) is 5.01 Å². The van der Waals surface area contributed by atoms with E-state index >= 15 is 0 Å². The summed E-state index contributed by atoms with van der Waals surface area (Å²) in [5, 5.41) is 1.81. The maximum atomic E-state index is 13.2. The van der Waals surface area contributed by atoms with Gasteiger partial charge in [0, 0.05) is 22.8 Å². The lowest BCUT2D eigenvalue weighted by Crippen LogP contribution is -2.58. The summed E-state index contributed by atoms with van der Waals surface area (Å²) >= 11 is 6.09. The number of anilines is 2. The number of hydrogen-bond donors (Lipinski definition) is 1. The number of hydrazine groups is 1. The first-order valence-electron chi connectivity index (χ1n) is 10.5. The third-order valence-electron chi connectivity index (χ3n) is 4.56. The Kier molecular flexibility index (Phi) is 6.60. The van der Waals surface area contributed by atoms with Crippen LogP contribution in [0.4, 0.5) is 21.0 Å². The number of para-hydroxylation sites is 1. The number of nitrogens with one attached hydrogen (secondary N) is 1. The summed E-state index contributed by atoms with van der Waals surface area (Å²) in [6.45, 7) is 10.6. The average molecular weight is 460 g/mol. The zero-order chi connectivity index (χ0) is 23.7. The number of nitrogens with zero attached hydrogens (tertiary/aromatic N) is 2. The minimum atomic E-state index is -0.749. The van der Waals surface area contributed by atoms with E-state index in [9.17, 15) is 9.59 Å². The van der Waals surface area contributed by atoms with Gasteiger partial charge in [-0.25, -0.2) is 15.0 Å². The average Bonchev–Trinajstić information content (AvgIpc) is 3.03. The summed E-state index contributed by atoms with van der Waals surface area (Å²) in [6.07, 6.45) is -1.51. The summed E-state index contributed by atoms with van der Waals surface area (Å²) in [7, 11) is 0. The molecule has 0 spiro atoms. The molecule has 0 bridgehead atoms. The number of hydrogen-bond acceptors (Lipinski definition) is 5. The Morgan fingerprint density at radius 1 is 0.969 bits per heavy atom. The quantitative estimate of drug-likeness (QED) is 0.554. The molecule has 1 heterocycles. The number of rotatable bonds is 2. The largest absolute Gasteiger partial charge is 0.443 e. The Labute approximate surface area is 194 Å². The van der Waals surface area contributed by atoms with Crippen molar-refractivity contribution >= 4 is 35.2 Å². The minimum Gasteiger partial charge on any atom is -0.443 e. The number of carbonyl (C=O) groups is 2. The van der Waals surface area contributed by atoms with Gasteiger partial charge in [-0.05, 0) is 77.4 Å². The SMILES string of the molecule is CC(C)(C)OC(=O)NN(C(=O)OC(C)(C)C)C1Cc2ccccc2N1c1ccc(Cl)cc1. The Balaban J connectivity index is 2.01. The summed E-state index contributed by atoms with van der Waals surface area (Å²) in [5.41, 5.74) is 3.93. The Morgan fingerprint density at radius 3 is 2.16 bits per heavy atom. The highest BCUT2D eigenvalue weighted by atomic mass is 35.5. The van der Waals surface area contributed by atoms with E-state index in [-0.39, 0.29) is 0 Å². The van der Waals surface area contributed by atoms with Crippen LogP contribution in [0.5, 0.6) is 0 Å². The van der Waals surface area contributed by atoms with Gasteiger partial charge in [-0.15, -0.1) is 0 Å². The second kappa shape index (κ2) is 8.90. The third-order valence-corrected chi connectivity index (χ3v) is 4.81. The molecule has 172 valence electrons. The maximum Gasteiger partial charge on any atom is 0.431 e. The minimum absolute atomic E-state index is 0.480. The topological polar surface area (TPSA) is 71.1 Å². The van der Waals surface area contributed by atoms with Crippen molar-refractivity contribution < 1.29 is 19.1 Å². The molecule has 0 saturated heterocycles. The lowest BCUT2D eigenvalue weighted by atomic mass is 10.1. The van der Waals surface area contributed by atoms with E-state index in [0.29, 0.717) is 11.4 Å². The van der Waals surface area contributed by atoms with Gasteiger partial charge in [0.2, 0.25) is 0 Å². The molecule has 7 nitrogen and oxygen atoms in total. The highest BCUT2D eigenvalue weighted by Crippen LogP contribution is 2.39. The van der Waals surface area contributed by atoms with Gasteiger partial charge in [-0.1, -0.05) is 29.8 Å². The number of carbonyl (C=O) groups excluding carboxylic acids is 2. The molecule has 1 aliphatic rings. The van der Waals surface area contributed by atoms with E-state index in [0.717, 1.165) is 16.9 Å². The molecule has 1 atom stereocenters. The van der Waals surface area contributed by atoms with Gasteiger partial charge in [0.25, 0.3) is 0 Å². The molecule has 2 amide bonds. The molecule has 2 aromatic carbocycles. The van der Waals surface area contributed by atoms with Crippen LogP contribution in [0.1, 0.15) is 47.1 Å². The summed E-state index contributed by atoms with van der Waals surface area (Å²) in [5.74, 6) is 0. The highest BCUT2D eigenvalue weighted by Gasteiger charge is 2.40. The fourth-order valence-corrected chi connectivity index (χ4v) is 3.56. The Hall–Kier alpha value is -2.93. The first-order valence-corrected chi connectivity index (χ1v) is 10.9. The van der Waals surface area contributed by atoms with Crippen LogP contribution in [0.25, 0.3) is 0 Å². The van der Waals surface area contributed by atoms with Gasteiger partial charge in [-0.3, -0.25) is 0 Å². The van der Waals surface area contributed by atoms with Crippen LogP contribution in [0.2, 0.25) is 5.02 Å². The molecule has 3 rings (SSSR count). The number of amides is 2. The van der Waals surface area contributed by atoms with Crippen molar-refractivity contribution in [3.63, 3.8) is 0 Å². The number of ether oxygens (including phenoxy) is 2. The van der Waals surface area contributed by atoms with Crippen LogP contribution in [-0.4, -0.2) is 34.6 Å². The maximum absolute atomic E-state index is 13.2. The van der Waals surface area contributed by atoms with E-state index in [1.54, 1.807) is 53.7 Å². The zero-order valence-electron chi connectivity index (χ0n) is 19.3. The lowest BCUT2D eigenvalue weighted by molar-refractivity contribution is -0.00805. The fraction of sp³-hybridized carbons (Fsp3) is 0.417. The van der Waals surface area contributed by atoms with Gasteiger partial charge in [0.1, 0.15) is 17.4 Å². The zero-order valence-corrected chi connectivity index (χ0v) is 20.1. The molecule has 0 radical (unpaired) electrons. The number of fused-ring (bicyclic) bond motifs is 1. The normalized spacial score (nSPS) is 15.7. The monoisotopic (exact) mass is 459 g/mol. The molecular formula is C24H30ClN3O4. The van der Waals surface area contributed by atoms with E-state index in [1.807, 2.05) is 41.3 Å². The smallest absolute Gasteiger partial charge is 0.431 e. The van der Waals surface area contributed by atoms with E-state index in [4.69, 9.17) is 21.1 Å². The summed E-state index contributed by atoms with van der Waals surface area (Å²) in [4.78, 5) is 27.8. The summed E-state index contributed by atoms with van der Waals surface area (Å²) < 4.78 is 11.0. The first kappa shape index (κ1) is 23.7. The van der Waals surface area contributed by atoms with Crippen molar-refractivity contribution in [3.8, 4) is 0 Å². The molecule has 0 saturated carbocycles. The van der Waals surface area contributed by atoms with Crippen molar-refractivity contribution in [1.29, 1.82) is 0 Å². The van der Waals surface area contributed by atoms with Gasteiger partial charge < -0.3 is 14.4 Å². The van der Waals surface area contributed by atoms with Gasteiger partial charge >= 0.3 is 12.2 Å². The van der Waals surface area contributed by atoms with Crippen LogP contribution < -0.4 is 10.3 Å². The Morgan fingerprint density at radius 2 is 1.56 bits per heavy atom. The van der Waals surface area contributed by atoms with Crippen LogP contribution in [-0.2, 0) is 15.9 Å². The van der Waals surface area contributed by atoms with Crippen molar-refractivity contribution in [1.82, 2.24) is 10.4 Å². The highest BCUT2D eigenvalue weighted by molar-refractivity contribution is 6.30. The second-order valence-corrected chi connectivity index (χ2v) is 10.1. The van der Waals surface area contributed by atoms with Crippen LogP contribution in [0, 0.1) is 0 Å². The second-order valence-electron chi connectivity index (χ2n) is 9.62. The van der Waals surface area contributed by atoms with Crippen molar-refractivity contribution in [2.24, 2.45) is 0 Å². The van der Waals surface area contributed by atoms with E-state index in [1.165, 1.54) is 5.01 Å². The molecule has 32 heavy (non-hydrogen) atoms. The fourth-order valence-electron chi connectivity index (χ4n) is 3.44. The molecule has 1 unspecified atom stereocenters. The van der Waals surface area contributed by atoms with Crippen LogP contribution in [0.3, 0.4) is 0 Å². The molecule has 2 aromatic rings. The molecule has 0 aliphatic carbocycles. The predicted molar refractivity (Wildman–Crippen MR) is 125 cm³/mol. The van der Waals surface area contributed by atoms with Crippen molar-refractivity contribution in [2.45, 2.75) is 65.3 Å². The number of benzene rings is 2. The van der Waals surface area contributed by atoms with Gasteiger partial charge in [0.05, 0.1) is 0 Å². The van der Waals surface area contributed by atoms with E-state index in [2.05, 4.69) is 5.43 Å². The lowest BCUT2D eigenvalue weighted by Gasteiger charge is -2.37. The molecule has 1 aliphatic heterocycles. The predicted octanol–water partition coefficient (Wildman–Crippen LogP) is 6.04. The van der Waals surface area contributed by atoms with Crippen LogP contribution in [0.15, 0.2) is 48.5 Å². The standard InChI is InChI=1S/C24H30ClN3O4/c1-23(2,3)31-21(29)26-28(22(30)32-24(4,5)6)20-15-16-9-7-8-10-19(16)27(20)18-13-11-17(25)12-14-18/h7-14,20H,15H2,1-6H3,(H,26,29). The molecule has 8 heteroatoms. The van der Waals surface area contributed by atoms with Crippen molar-refractivity contribution in [3.05, 3.63) is 59.1 Å². The molecular weight excluding hydrogens is 430 g/mol.